The van der Waals surface area contributed by atoms with Crippen LogP contribution in [-0.2, 0) is 11.2 Å². The van der Waals surface area contributed by atoms with Gasteiger partial charge in [-0.3, -0.25) is 4.79 Å². The molecule has 0 unspecified atom stereocenters. The lowest BCUT2D eigenvalue weighted by molar-refractivity contribution is -0.116. The van der Waals surface area contributed by atoms with Crippen LogP contribution in [0.2, 0.25) is 0 Å². The van der Waals surface area contributed by atoms with Crippen molar-refractivity contribution in [2.75, 3.05) is 12.4 Å². The summed E-state index contributed by atoms with van der Waals surface area (Å²) in [6, 6.07) is 9.61. The van der Waals surface area contributed by atoms with E-state index in [2.05, 4.69) is 20.4 Å². The molecule has 9 heteroatoms. The summed E-state index contributed by atoms with van der Waals surface area (Å²) in [7, 11) is 1.63. The van der Waals surface area contributed by atoms with Crippen LogP contribution in [0.25, 0.3) is 22.6 Å². The number of aromatic nitrogens is 3. The first kappa shape index (κ1) is 19.3. The third-order valence-electron chi connectivity index (χ3n) is 4.22. The summed E-state index contributed by atoms with van der Waals surface area (Å²) in [4.78, 5) is 22.2. The number of carbonyl (C=O) groups excluding carboxylic acids is 1. The van der Waals surface area contributed by atoms with Gasteiger partial charge in [0.2, 0.25) is 17.6 Å². The molecule has 0 bridgehead atoms. The van der Waals surface area contributed by atoms with E-state index in [0.29, 0.717) is 23.3 Å². The number of ether oxygens (including phenoxy) is 1. The molecule has 1 aromatic carbocycles. The molecule has 4 rings (SSSR count). The monoisotopic (exact) mass is 426 g/mol. The number of aryl methyl sites for hydroxylation is 2. The predicted molar refractivity (Wildman–Crippen MR) is 113 cm³/mol. The highest BCUT2D eigenvalue weighted by molar-refractivity contribution is 7.16. The average molecular weight is 427 g/mol. The number of amides is 1. The molecule has 0 aliphatic heterocycles. The van der Waals surface area contributed by atoms with Gasteiger partial charge in [-0.25, -0.2) is 4.98 Å². The molecule has 0 radical (unpaired) electrons. The Kier molecular flexibility index (Phi) is 5.68. The molecule has 0 fully saturated rings. The van der Waals surface area contributed by atoms with Crippen LogP contribution in [0.3, 0.4) is 0 Å². The van der Waals surface area contributed by atoms with Crippen LogP contribution in [0, 0.1) is 6.92 Å². The molecule has 0 aliphatic carbocycles. The smallest absolute Gasteiger partial charge is 0.227 e. The van der Waals surface area contributed by atoms with E-state index in [1.54, 1.807) is 18.4 Å². The molecule has 0 aliphatic rings. The van der Waals surface area contributed by atoms with Gasteiger partial charge < -0.3 is 14.6 Å². The lowest BCUT2D eigenvalue weighted by Gasteiger charge is -2.02. The van der Waals surface area contributed by atoms with Gasteiger partial charge in [-0.15, -0.1) is 11.3 Å². The Morgan fingerprint density at radius 3 is 2.72 bits per heavy atom. The lowest BCUT2D eigenvalue weighted by Crippen LogP contribution is -2.12. The lowest BCUT2D eigenvalue weighted by atomic mass is 10.1. The van der Waals surface area contributed by atoms with Crippen molar-refractivity contribution < 1.29 is 14.1 Å². The number of carbonyl (C=O) groups is 1. The van der Waals surface area contributed by atoms with Crippen LogP contribution >= 0.6 is 22.7 Å². The summed E-state index contributed by atoms with van der Waals surface area (Å²) in [5, 5.41) is 11.3. The van der Waals surface area contributed by atoms with Crippen molar-refractivity contribution in [1.82, 2.24) is 15.1 Å². The Bertz CT molecular complexity index is 1100. The predicted octanol–water partition coefficient (Wildman–Crippen LogP) is 4.81. The number of methoxy groups -OCH3 is 1. The summed E-state index contributed by atoms with van der Waals surface area (Å²) in [6.07, 6.45) is 0.612. The first-order valence-corrected chi connectivity index (χ1v) is 10.6. The zero-order valence-corrected chi connectivity index (χ0v) is 17.5. The molecule has 0 spiro atoms. The zero-order chi connectivity index (χ0) is 20.2. The Labute approximate surface area is 175 Å². The van der Waals surface area contributed by atoms with Crippen molar-refractivity contribution in [1.29, 1.82) is 0 Å². The minimum atomic E-state index is -0.143. The van der Waals surface area contributed by atoms with Gasteiger partial charge in [-0.05, 0) is 42.6 Å². The average Bonchev–Trinajstić information content (AvgIpc) is 3.47. The summed E-state index contributed by atoms with van der Waals surface area (Å²) >= 11 is 3.02. The third-order valence-corrected chi connectivity index (χ3v) is 5.79. The third kappa shape index (κ3) is 4.52. The second-order valence-electron chi connectivity index (χ2n) is 6.22. The van der Waals surface area contributed by atoms with Crippen LogP contribution in [0.4, 0.5) is 5.13 Å². The van der Waals surface area contributed by atoms with Gasteiger partial charge in [0.1, 0.15) is 5.75 Å². The molecule has 7 nitrogen and oxygen atoms in total. The number of benzene rings is 1. The Balaban J connectivity index is 1.36. The molecule has 29 heavy (non-hydrogen) atoms. The van der Waals surface area contributed by atoms with Crippen LogP contribution in [-0.4, -0.2) is 28.1 Å². The van der Waals surface area contributed by atoms with Gasteiger partial charge in [-0.1, -0.05) is 5.16 Å². The van der Waals surface area contributed by atoms with Crippen LogP contribution in [0.5, 0.6) is 5.75 Å². The Morgan fingerprint density at radius 2 is 2.00 bits per heavy atom. The van der Waals surface area contributed by atoms with E-state index < -0.39 is 0 Å². The minimum absolute atomic E-state index is 0.143. The number of nitrogens with zero attached hydrogens (tertiary/aromatic N) is 3. The molecule has 0 atom stereocenters. The van der Waals surface area contributed by atoms with E-state index in [9.17, 15) is 4.79 Å². The van der Waals surface area contributed by atoms with Crippen LogP contribution < -0.4 is 10.1 Å². The normalized spacial score (nSPS) is 10.8. The zero-order valence-electron chi connectivity index (χ0n) is 15.8. The van der Waals surface area contributed by atoms with Crippen molar-refractivity contribution >= 4 is 33.7 Å². The van der Waals surface area contributed by atoms with E-state index in [0.717, 1.165) is 27.4 Å². The van der Waals surface area contributed by atoms with E-state index in [4.69, 9.17) is 9.26 Å². The van der Waals surface area contributed by atoms with Crippen molar-refractivity contribution in [3.63, 3.8) is 0 Å². The van der Waals surface area contributed by atoms with Gasteiger partial charge in [0.25, 0.3) is 0 Å². The molecule has 0 saturated carbocycles. The van der Waals surface area contributed by atoms with Crippen molar-refractivity contribution in [2.45, 2.75) is 19.8 Å². The molecule has 3 aromatic heterocycles. The van der Waals surface area contributed by atoms with Gasteiger partial charge in [0, 0.05) is 34.2 Å². The molecular weight excluding hydrogens is 408 g/mol. The molecular formula is C20H18N4O3S2. The van der Waals surface area contributed by atoms with E-state index >= 15 is 0 Å². The molecule has 1 N–H and O–H groups in total. The fourth-order valence-electron chi connectivity index (χ4n) is 2.73. The maximum Gasteiger partial charge on any atom is 0.227 e. The summed E-state index contributed by atoms with van der Waals surface area (Å²) < 4.78 is 10.4. The van der Waals surface area contributed by atoms with Gasteiger partial charge in [0.05, 0.1) is 12.8 Å². The fraction of sp³-hybridized carbons (Fsp3) is 0.200. The van der Waals surface area contributed by atoms with Gasteiger partial charge in [-0.2, -0.15) is 16.3 Å². The van der Waals surface area contributed by atoms with Crippen molar-refractivity contribution in [3.8, 4) is 28.4 Å². The number of thiophene rings is 1. The number of nitrogens with one attached hydrogen (secondary N) is 1. The molecule has 3 heterocycles. The van der Waals surface area contributed by atoms with Crippen LogP contribution in [0.1, 0.15) is 17.2 Å². The number of hydrogen-bond acceptors (Lipinski definition) is 8. The van der Waals surface area contributed by atoms with Crippen LogP contribution in [0.15, 0.2) is 45.6 Å². The molecule has 0 saturated heterocycles. The van der Waals surface area contributed by atoms with E-state index in [1.807, 2.05) is 48.0 Å². The second kappa shape index (κ2) is 8.54. The summed E-state index contributed by atoms with van der Waals surface area (Å²) in [5.74, 6) is 1.63. The highest BCUT2D eigenvalue weighted by Crippen LogP contribution is 2.31. The number of rotatable bonds is 7. The van der Waals surface area contributed by atoms with E-state index in [-0.39, 0.29) is 12.3 Å². The largest absolute Gasteiger partial charge is 0.497 e. The van der Waals surface area contributed by atoms with Gasteiger partial charge in [0.15, 0.2) is 5.13 Å². The Hall–Kier alpha value is -3.04. The van der Waals surface area contributed by atoms with Gasteiger partial charge >= 0.3 is 0 Å². The highest BCUT2D eigenvalue weighted by atomic mass is 32.1. The number of anilines is 1. The standard InChI is InChI=1S/C20H18N4O3S2/c1-12-18(13-3-5-15(26-2)6-4-13)23-20(29-12)21-16(25)7-8-17-22-19(24-27-17)14-9-10-28-11-14/h3-6,9-11H,7-8H2,1-2H3,(H,21,23,25). The first-order chi connectivity index (χ1) is 14.1. The molecule has 4 aromatic rings. The summed E-state index contributed by atoms with van der Waals surface area (Å²) in [6.45, 7) is 1.98. The maximum atomic E-state index is 12.3. The molecule has 148 valence electrons. The van der Waals surface area contributed by atoms with E-state index in [1.165, 1.54) is 11.3 Å². The highest BCUT2D eigenvalue weighted by Gasteiger charge is 2.14. The SMILES string of the molecule is COc1ccc(-c2nc(NC(=O)CCc3nc(-c4ccsc4)no3)sc2C)cc1. The van der Waals surface area contributed by atoms with Crippen molar-refractivity contribution in [2.24, 2.45) is 0 Å². The fourth-order valence-corrected chi connectivity index (χ4v) is 4.22. The number of hydrogen-bond donors (Lipinski definition) is 1. The number of thiazole rings is 1. The first-order valence-electron chi connectivity index (χ1n) is 8.89. The topological polar surface area (TPSA) is 90.1 Å². The second-order valence-corrected chi connectivity index (χ2v) is 8.21. The summed E-state index contributed by atoms with van der Waals surface area (Å²) in [5.41, 5.74) is 2.75. The minimum Gasteiger partial charge on any atom is -0.497 e. The maximum absolute atomic E-state index is 12.3. The Morgan fingerprint density at radius 1 is 1.17 bits per heavy atom. The molecule has 1 amide bonds. The quantitative estimate of drug-likeness (QED) is 0.456. The van der Waals surface area contributed by atoms with Crippen molar-refractivity contribution in [3.05, 3.63) is 51.9 Å².